The van der Waals surface area contributed by atoms with Crippen molar-refractivity contribution in [3.8, 4) is 0 Å². The molecule has 0 spiro atoms. The molecule has 18 heavy (non-hydrogen) atoms. The average Bonchev–Trinajstić information content (AvgIpc) is 2.85. The van der Waals surface area contributed by atoms with E-state index in [-0.39, 0.29) is 0 Å². The van der Waals surface area contributed by atoms with Gasteiger partial charge in [-0.15, -0.1) is 0 Å². The summed E-state index contributed by atoms with van der Waals surface area (Å²) in [6.45, 7) is 2.17. The molecule has 2 rings (SSSR count). The van der Waals surface area contributed by atoms with Crippen LogP contribution < -0.4 is 0 Å². The summed E-state index contributed by atoms with van der Waals surface area (Å²) in [6.07, 6.45) is 13.1. The zero-order valence-corrected chi connectivity index (χ0v) is 12.5. The highest BCUT2D eigenvalue weighted by atomic mass is 32.2. The van der Waals surface area contributed by atoms with Crippen LogP contribution in [-0.2, 0) is 6.54 Å². The zero-order chi connectivity index (χ0) is 12.8. The first-order valence-electron chi connectivity index (χ1n) is 6.99. The smallest absolute Gasteiger partial charge is 0.0951 e. The molecular weight excluding hydrogens is 242 g/mol. The first-order chi connectivity index (χ1) is 8.81. The highest BCUT2D eigenvalue weighted by Crippen LogP contribution is 2.29. The van der Waals surface area contributed by atoms with Crippen molar-refractivity contribution >= 4 is 11.8 Å². The Hall–Kier alpha value is -0.480. The van der Waals surface area contributed by atoms with Gasteiger partial charge < -0.3 is 4.57 Å². The average molecular weight is 267 g/mol. The van der Waals surface area contributed by atoms with Crippen molar-refractivity contribution in [2.75, 3.05) is 25.6 Å². The predicted octanol–water partition coefficient (Wildman–Crippen LogP) is 3.18. The van der Waals surface area contributed by atoms with Crippen molar-refractivity contribution in [3.63, 3.8) is 0 Å². The fourth-order valence-corrected chi connectivity index (χ4v) is 3.24. The maximum atomic E-state index is 4.36. The third kappa shape index (κ3) is 3.75. The van der Waals surface area contributed by atoms with Crippen LogP contribution >= 0.6 is 11.8 Å². The molecule has 1 heterocycles. The summed E-state index contributed by atoms with van der Waals surface area (Å²) in [6, 6.07) is 0.699. The predicted molar refractivity (Wildman–Crippen MR) is 79.1 cm³/mol. The van der Waals surface area contributed by atoms with E-state index in [0.29, 0.717) is 6.04 Å². The van der Waals surface area contributed by atoms with E-state index in [0.717, 1.165) is 13.1 Å². The van der Waals surface area contributed by atoms with Gasteiger partial charge in [-0.2, -0.15) is 11.8 Å². The fraction of sp³-hybridized carbons (Fsp3) is 0.786. The molecule has 4 heteroatoms. The van der Waals surface area contributed by atoms with Crippen molar-refractivity contribution in [1.29, 1.82) is 0 Å². The second kappa shape index (κ2) is 7.19. The third-order valence-corrected chi connectivity index (χ3v) is 4.41. The minimum atomic E-state index is 0.699. The highest BCUT2D eigenvalue weighted by Gasteiger charge is 2.17. The van der Waals surface area contributed by atoms with E-state index in [1.165, 1.54) is 43.6 Å². The van der Waals surface area contributed by atoms with Gasteiger partial charge >= 0.3 is 0 Å². The van der Waals surface area contributed by atoms with E-state index in [9.17, 15) is 0 Å². The van der Waals surface area contributed by atoms with Crippen molar-refractivity contribution in [3.05, 3.63) is 18.2 Å². The van der Waals surface area contributed by atoms with Crippen molar-refractivity contribution in [2.45, 2.75) is 44.7 Å². The first-order valence-corrected chi connectivity index (χ1v) is 8.39. The summed E-state index contributed by atoms with van der Waals surface area (Å²) in [5.74, 6) is 1.20. The number of thioether (sulfide) groups is 1. The normalized spacial score (nSPS) is 17.5. The number of aromatic nitrogens is 2. The van der Waals surface area contributed by atoms with E-state index < -0.39 is 0 Å². The molecule has 0 unspecified atom stereocenters. The number of hydrogen-bond donors (Lipinski definition) is 0. The second-order valence-electron chi connectivity index (χ2n) is 5.31. The lowest BCUT2D eigenvalue weighted by molar-refractivity contribution is 0.307. The number of hydrogen-bond acceptors (Lipinski definition) is 3. The van der Waals surface area contributed by atoms with Crippen LogP contribution in [0.25, 0.3) is 0 Å². The van der Waals surface area contributed by atoms with E-state index in [1.54, 1.807) is 0 Å². The van der Waals surface area contributed by atoms with E-state index in [4.69, 9.17) is 0 Å². The lowest BCUT2D eigenvalue weighted by Crippen LogP contribution is -2.24. The lowest BCUT2D eigenvalue weighted by atomic mass is 9.95. The standard InChI is InChI=1S/C14H25N3S/c1-16(8-9-18-2)11-14-10-15-12-17(14)13-6-4-3-5-7-13/h10,12-13H,3-9,11H2,1-2H3. The molecule has 0 atom stereocenters. The second-order valence-corrected chi connectivity index (χ2v) is 6.30. The summed E-state index contributed by atoms with van der Waals surface area (Å²) >= 11 is 1.91. The minimum absolute atomic E-state index is 0.699. The maximum absolute atomic E-state index is 4.36. The molecule has 1 aromatic rings. The Morgan fingerprint density at radius 3 is 2.89 bits per heavy atom. The third-order valence-electron chi connectivity index (χ3n) is 3.82. The molecule has 1 fully saturated rings. The molecule has 0 bridgehead atoms. The monoisotopic (exact) mass is 267 g/mol. The molecule has 0 saturated heterocycles. The van der Waals surface area contributed by atoms with Crippen LogP contribution in [0.1, 0.15) is 43.8 Å². The van der Waals surface area contributed by atoms with Gasteiger partial charge in [-0.25, -0.2) is 4.98 Å². The van der Waals surface area contributed by atoms with E-state index in [1.807, 2.05) is 24.3 Å². The van der Waals surface area contributed by atoms with Crippen LogP contribution in [0.5, 0.6) is 0 Å². The Labute approximate surface area is 115 Å². The molecule has 1 aliphatic rings. The molecule has 0 N–H and O–H groups in total. The Balaban J connectivity index is 1.94. The summed E-state index contributed by atoms with van der Waals surface area (Å²) < 4.78 is 2.43. The zero-order valence-electron chi connectivity index (χ0n) is 11.6. The Bertz CT molecular complexity index is 345. The van der Waals surface area contributed by atoms with Gasteiger partial charge in [0.15, 0.2) is 0 Å². The Morgan fingerprint density at radius 1 is 1.39 bits per heavy atom. The van der Waals surface area contributed by atoms with Crippen LogP contribution in [0.2, 0.25) is 0 Å². The largest absolute Gasteiger partial charge is 0.330 e. The van der Waals surface area contributed by atoms with Crippen molar-refractivity contribution in [1.82, 2.24) is 14.5 Å². The van der Waals surface area contributed by atoms with Crippen LogP contribution in [0.3, 0.4) is 0 Å². The SMILES string of the molecule is CSCCN(C)Cc1cncn1C1CCCCC1. The molecule has 1 aromatic heterocycles. The molecule has 1 aliphatic carbocycles. The number of imidazole rings is 1. The molecule has 0 aromatic carbocycles. The van der Waals surface area contributed by atoms with Gasteiger partial charge in [0.25, 0.3) is 0 Å². The van der Waals surface area contributed by atoms with Gasteiger partial charge in [0.2, 0.25) is 0 Å². The topological polar surface area (TPSA) is 21.1 Å². The first kappa shape index (κ1) is 13.9. The minimum Gasteiger partial charge on any atom is -0.330 e. The number of nitrogens with zero attached hydrogens (tertiary/aromatic N) is 3. The lowest BCUT2D eigenvalue weighted by Gasteiger charge is -2.26. The van der Waals surface area contributed by atoms with E-state index in [2.05, 4.69) is 27.8 Å². The van der Waals surface area contributed by atoms with E-state index >= 15 is 0 Å². The molecule has 102 valence electrons. The summed E-state index contributed by atoms with van der Waals surface area (Å²) in [5, 5.41) is 0. The Morgan fingerprint density at radius 2 is 2.17 bits per heavy atom. The van der Waals surface area contributed by atoms with Crippen LogP contribution in [0, 0.1) is 0 Å². The van der Waals surface area contributed by atoms with Crippen molar-refractivity contribution < 1.29 is 0 Å². The van der Waals surface area contributed by atoms with Gasteiger partial charge in [-0.05, 0) is 26.1 Å². The Kier molecular flexibility index (Phi) is 5.57. The van der Waals surface area contributed by atoms with Crippen LogP contribution in [0.4, 0.5) is 0 Å². The quantitative estimate of drug-likeness (QED) is 0.790. The highest BCUT2D eigenvalue weighted by molar-refractivity contribution is 7.98. The van der Waals surface area contributed by atoms with Gasteiger partial charge in [0.05, 0.1) is 12.0 Å². The van der Waals surface area contributed by atoms with Crippen LogP contribution in [-0.4, -0.2) is 40.1 Å². The molecular formula is C14H25N3S. The van der Waals surface area contributed by atoms with Gasteiger partial charge in [0, 0.05) is 31.1 Å². The fourth-order valence-electron chi connectivity index (χ4n) is 2.75. The number of rotatable bonds is 6. The molecule has 1 saturated carbocycles. The molecule has 0 aliphatic heterocycles. The summed E-state index contributed by atoms with van der Waals surface area (Å²) in [7, 11) is 2.20. The summed E-state index contributed by atoms with van der Waals surface area (Å²) in [4.78, 5) is 6.76. The van der Waals surface area contributed by atoms with Crippen molar-refractivity contribution in [2.24, 2.45) is 0 Å². The molecule has 0 radical (unpaired) electrons. The van der Waals surface area contributed by atoms with Crippen LogP contribution in [0.15, 0.2) is 12.5 Å². The molecule has 0 amide bonds. The maximum Gasteiger partial charge on any atom is 0.0951 e. The van der Waals surface area contributed by atoms with Gasteiger partial charge in [-0.3, -0.25) is 4.90 Å². The van der Waals surface area contributed by atoms with Gasteiger partial charge in [0.1, 0.15) is 0 Å². The molecule has 3 nitrogen and oxygen atoms in total. The van der Waals surface area contributed by atoms with Gasteiger partial charge in [-0.1, -0.05) is 19.3 Å². The summed E-state index contributed by atoms with van der Waals surface area (Å²) in [5.41, 5.74) is 1.38.